The van der Waals surface area contributed by atoms with E-state index in [2.05, 4.69) is 4.98 Å². The molecule has 0 aliphatic heterocycles. The molecule has 0 bridgehead atoms. The van der Waals surface area contributed by atoms with Crippen molar-refractivity contribution >= 4 is 16.0 Å². The van der Waals surface area contributed by atoms with Gasteiger partial charge in [-0.3, -0.25) is 4.40 Å². The summed E-state index contributed by atoms with van der Waals surface area (Å²) in [4.78, 5) is 4.36. The van der Waals surface area contributed by atoms with Crippen molar-refractivity contribution in [3.05, 3.63) is 42.9 Å². The maximum absolute atomic E-state index is 12.3. The molecule has 2 heterocycles. The topological polar surface area (TPSA) is 73.8 Å². The van der Waals surface area contributed by atoms with E-state index >= 15 is 0 Å². The molecular weight excluding hydrogens is 328 g/mol. The van der Waals surface area contributed by atoms with Gasteiger partial charge < -0.3 is 8.60 Å². The number of imidazole rings is 1. The van der Waals surface area contributed by atoms with Gasteiger partial charge >= 0.3 is 16.0 Å². The molecule has 0 saturated heterocycles. The molecule has 0 atom stereocenters. The minimum atomic E-state index is -3.56. The predicted molar refractivity (Wildman–Crippen MR) is 89.3 cm³/mol. The Kier molecular flexibility index (Phi) is 3.80. The van der Waals surface area contributed by atoms with Gasteiger partial charge in [-0.2, -0.15) is 13.4 Å². The number of oxazole rings is 1. The van der Waals surface area contributed by atoms with E-state index in [1.165, 1.54) is 0 Å². The number of nitrogens with zero attached hydrogens (tertiary/aromatic N) is 2. The van der Waals surface area contributed by atoms with E-state index in [4.69, 9.17) is 8.60 Å². The zero-order valence-corrected chi connectivity index (χ0v) is 13.9. The second kappa shape index (κ2) is 5.98. The van der Waals surface area contributed by atoms with E-state index in [-0.39, 0.29) is 5.25 Å². The van der Waals surface area contributed by atoms with Gasteiger partial charge in [-0.05, 0) is 37.1 Å². The standard InChI is InChI=1S/C17H18N2O4S/c20-24(21,15-4-2-1-3-5-15)23-14-8-6-13(7-9-14)16-12-19-10-11-22-17(19)18-16/h6-12,15H,1-5H2. The molecule has 3 aromatic rings. The average molecular weight is 346 g/mol. The zero-order valence-electron chi connectivity index (χ0n) is 13.1. The van der Waals surface area contributed by atoms with Crippen molar-refractivity contribution in [1.82, 2.24) is 9.38 Å². The first-order chi connectivity index (χ1) is 11.6. The Labute approximate surface area is 140 Å². The maximum Gasteiger partial charge on any atom is 0.312 e. The second-order valence-corrected chi connectivity index (χ2v) is 7.90. The molecular formula is C17H18N2O4S. The van der Waals surface area contributed by atoms with Gasteiger partial charge in [0.15, 0.2) is 0 Å². The molecule has 1 fully saturated rings. The van der Waals surface area contributed by atoms with Crippen LogP contribution in [0.25, 0.3) is 17.1 Å². The first-order valence-corrected chi connectivity index (χ1v) is 9.55. The fraction of sp³-hybridized carbons (Fsp3) is 0.353. The minimum absolute atomic E-state index is 0.340. The Hall–Kier alpha value is -2.28. The van der Waals surface area contributed by atoms with Crippen LogP contribution in [0, 0.1) is 0 Å². The predicted octanol–water partition coefficient (Wildman–Crippen LogP) is 3.64. The number of hydrogen-bond donors (Lipinski definition) is 0. The third-order valence-electron chi connectivity index (χ3n) is 4.42. The lowest BCUT2D eigenvalue weighted by Crippen LogP contribution is -2.28. The highest BCUT2D eigenvalue weighted by Gasteiger charge is 2.29. The monoisotopic (exact) mass is 346 g/mol. The van der Waals surface area contributed by atoms with Crippen LogP contribution in [0.2, 0.25) is 0 Å². The van der Waals surface area contributed by atoms with Crippen molar-refractivity contribution in [2.24, 2.45) is 0 Å². The Balaban J connectivity index is 1.52. The van der Waals surface area contributed by atoms with Crippen LogP contribution >= 0.6 is 0 Å². The van der Waals surface area contributed by atoms with Crippen LogP contribution in [0.3, 0.4) is 0 Å². The molecule has 126 valence electrons. The molecule has 0 N–H and O–H groups in total. The average Bonchev–Trinajstić information content (AvgIpc) is 3.18. The van der Waals surface area contributed by atoms with Gasteiger partial charge in [0.05, 0.1) is 10.9 Å². The number of aromatic nitrogens is 2. The van der Waals surface area contributed by atoms with E-state index in [0.717, 1.165) is 30.5 Å². The fourth-order valence-corrected chi connectivity index (χ4v) is 4.53. The molecule has 1 aliphatic rings. The Morgan fingerprint density at radius 3 is 2.58 bits per heavy atom. The van der Waals surface area contributed by atoms with Gasteiger partial charge in [0.25, 0.3) is 0 Å². The summed E-state index contributed by atoms with van der Waals surface area (Å²) >= 11 is 0. The van der Waals surface area contributed by atoms with Crippen molar-refractivity contribution in [3.63, 3.8) is 0 Å². The van der Waals surface area contributed by atoms with Crippen LogP contribution in [0.15, 0.2) is 47.3 Å². The molecule has 6 nitrogen and oxygen atoms in total. The smallest absolute Gasteiger partial charge is 0.312 e. The number of fused-ring (bicyclic) bond motifs is 1. The normalized spacial score (nSPS) is 16.5. The van der Waals surface area contributed by atoms with E-state index in [0.29, 0.717) is 24.4 Å². The number of rotatable bonds is 4. The van der Waals surface area contributed by atoms with Gasteiger partial charge in [-0.15, -0.1) is 0 Å². The highest BCUT2D eigenvalue weighted by atomic mass is 32.2. The summed E-state index contributed by atoms with van der Waals surface area (Å²) in [6, 6.07) is 6.93. The lowest BCUT2D eigenvalue weighted by atomic mass is 10.0. The molecule has 0 amide bonds. The summed E-state index contributed by atoms with van der Waals surface area (Å²) in [7, 11) is -3.56. The molecule has 0 radical (unpaired) electrons. The molecule has 1 saturated carbocycles. The van der Waals surface area contributed by atoms with Crippen molar-refractivity contribution < 1.29 is 17.0 Å². The number of hydrogen-bond acceptors (Lipinski definition) is 5. The summed E-state index contributed by atoms with van der Waals surface area (Å²) < 4.78 is 37.0. The van der Waals surface area contributed by atoms with E-state index in [1.807, 2.05) is 6.20 Å². The molecule has 2 aromatic heterocycles. The third kappa shape index (κ3) is 2.91. The van der Waals surface area contributed by atoms with Gasteiger partial charge in [0.1, 0.15) is 12.0 Å². The molecule has 4 rings (SSSR count). The van der Waals surface area contributed by atoms with E-state index < -0.39 is 10.1 Å². The van der Waals surface area contributed by atoms with Crippen molar-refractivity contribution in [2.45, 2.75) is 37.4 Å². The highest BCUT2D eigenvalue weighted by Crippen LogP contribution is 2.28. The lowest BCUT2D eigenvalue weighted by Gasteiger charge is -2.21. The van der Waals surface area contributed by atoms with Gasteiger partial charge in [0.2, 0.25) is 0 Å². The SMILES string of the molecule is O=S(=O)(Oc1ccc(-c2cn3ccoc3n2)cc1)C1CCCCC1. The molecule has 24 heavy (non-hydrogen) atoms. The Bertz CT molecular complexity index is 906. The van der Waals surface area contributed by atoms with Crippen LogP contribution < -0.4 is 4.18 Å². The van der Waals surface area contributed by atoms with Crippen molar-refractivity contribution in [1.29, 1.82) is 0 Å². The van der Waals surface area contributed by atoms with Gasteiger partial charge in [-0.1, -0.05) is 19.3 Å². The molecule has 0 unspecified atom stereocenters. The summed E-state index contributed by atoms with van der Waals surface area (Å²) in [5, 5.41) is -0.383. The Morgan fingerprint density at radius 2 is 1.88 bits per heavy atom. The van der Waals surface area contributed by atoms with E-state index in [9.17, 15) is 8.42 Å². The highest BCUT2D eigenvalue weighted by molar-refractivity contribution is 7.87. The van der Waals surface area contributed by atoms with Crippen molar-refractivity contribution in [3.8, 4) is 17.0 Å². The summed E-state index contributed by atoms with van der Waals surface area (Å²) in [6.45, 7) is 0. The first-order valence-electron chi connectivity index (χ1n) is 8.08. The molecule has 0 spiro atoms. The quantitative estimate of drug-likeness (QED) is 0.674. The van der Waals surface area contributed by atoms with Crippen LogP contribution in [0.1, 0.15) is 32.1 Å². The second-order valence-electron chi connectivity index (χ2n) is 6.08. The Morgan fingerprint density at radius 1 is 1.12 bits per heavy atom. The summed E-state index contributed by atoms with van der Waals surface area (Å²) in [5.74, 6) is 0.859. The van der Waals surface area contributed by atoms with Crippen molar-refractivity contribution in [2.75, 3.05) is 0 Å². The van der Waals surface area contributed by atoms with Crippen LogP contribution in [0.4, 0.5) is 0 Å². The maximum atomic E-state index is 12.3. The van der Waals surface area contributed by atoms with Crippen LogP contribution in [-0.4, -0.2) is 23.1 Å². The van der Waals surface area contributed by atoms with Gasteiger partial charge in [-0.25, -0.2) is 0 Å². The minimum Gasteiger partial charge on any atom is -0.432 e. The van der Waals surface area contributed by atoms with E-state index in [1.54, 1.807) is 41.1 Å². The molecule has 1 aromatic carbocycles. The lowest BCUT2D eigenvalue weighted by molar-refractivity contribution is 0.429. The first kappa shape index (κ1) is 15.3. The summed E-state index contributed by atoms with van der Waals surface area (Å²) in [5.41, 5.74) is 1.63. The zero-order chi connectivity index (χ0) is 16.6. The third-order valence-corrected chi connectivity index (χ3v) is 6.13. The molecule has 1 aliphatic carbocycles. The fourth-order valence-electron chi connectivity index (χ4n) is 3.10. The van der Waals surface area contributed by atoms with Gasteiger partial charge in [0, 0.05) is 18.0 Å². The number of benzene rings is 1. The van der Waals surface area contributed by atoms with Crippen LogP contribution in [0.5, 0.6) is 5.75 Å². The summed E-state index contributed by atoms with van der Waals surface area (Å²) in [6.07, 6.45) is 9.59. The largest absolute Gasteiger partial charge is 0.432 e. The molecule has 7 heteroatoms. The van der Waals surface area contributed by atoms with Crippen LogP contribution in [-0.2, 0) is 10.1 Å².